The van der Waals surface area contributed by atoms with E-state index in [1.165, 1.54) is 32.1 Å². The molecular formula is C18H26N2O. The molecule has 1 saturated heterocycles. The molecule has 1 aromatic rings. The average molecular weight is 286 g/mol. The number of nitrogen functional groups attached to an aromatic ring is 1. The Labute approximate surface area is 127 Å². The second kappa shape index (κ2) is 6.50. The summed E-state index contributed by atoms with van der Waals surface area (Å²) in [7, 11) is 0. The van der Waals surface area contributed by atoms with Crippen LogP contribution in [0.5, 0.6) is 0 Å². The van der Waals surface area contributed by atoms with Crippen LogP contribution in [-0.2, 0) is 11.2 Å². The number of benzene rings is 1. The minimum absolute atomic E-state index is 0.308. The van der Waals surface area contributed by atoms with Crippen LogP contribution in [0.4, 0.5) is 5.69 Å². The van der Waals surface area contributed by atoms with E-state index < -0.39 is 0 Å². The van der Waals surface area contributed by atoms with Gasteiger partial charge in [0.05, 0.1) is 0 Å². The highest BCUT2D eigenvalue weighted by atomic mass is 16.2. The lowest BCUT2D eigenvalue weighted by atomic mass is 9.75. The number of carbonyl (C=O) groups excluding carboxylic acids is 1. The van der Waals surface area contributed by atoms with Gasteiger partial charge >= 0.3 is 0 Å². The molecule has 114 valence electrons. The van der Waals surface area contributed by atoms with Crippen LogP contribution in [0.3, 0.4) is 0 Å². The first-order valence-corrected chi connectivity index (χ1v) is 8.35. The molecule has 1 saturated carbocycles. The monoisotopic (exact) mass is 286 g/mol. The highest BCUT2D eigenvalue weighted by Crippen LogP contribution is 2.36. The van der Waals surface area contributed by atoms with Crippen molar-refractivity contribution >= 4 is 11.6 Å². The van der Waals surface area contributed by atoms with Crippen molar-refractivity contribution in [3.63, 3.8) is 0 Å². The summed E-state index contributed by atoms with van der Waals surface area (Å²) < 4.78 is 0. The first-order valence-electron chi connectivity index (χ1n) is 8.35. The molecule has 0 aromatic heterocycles. The topological polar surface area (TPSA) is 46.3 Å². The minimum atomic E-state index is 0.308. The van der Waals surface area contributed by atoms with Crippen LogP contribution in [0, 0.1) is 11.8 Å². The van der Waals surface area contributed by atoms with Gasteiger partial charge in [0, 0.05) is 25.2 Å². The number of nitrogens with zero attached hydrogens (tertiary/aromatic N) is 1. The van der Waals surface area contributed by atoms with Crippen LogP contribution in [0.1, 0.15) is 44.1 Å². The average Bonchev–Trinajstić information content (AvgIpc) is 2.53. The number of para-hydroxylation sites is 1. The zero-order valence-corrected chi connectivity index (χ0v) is 12.8. The van der Waals surface area contributed by atoms with Crippen molar-refractivity contribution in [2.45, 2.75) is 44.9 Å². The summed E-state index contributed by atoms with van der Waals surface area (Å²) >= 11 is 0. The van der Waals surface area contributed by atoms with Gasteiger partial charge in [-0.3, -0.25) is 4.79 Å². The molecule has 2 N–H and O–H groups in total. The van der Waals surface area contributed by atoms with Gasteiger partial charge < -0.3 is 10.6 Å². The molecule has 0 radical (unpaired) electrons. The van der Waals surface area contributed by atoms with Gasteiger partial charge in [0.15, 0.2) is 0 Å². The van der Waals surface area contributed by atoms with E-state index in [0.717, 1.165) is 42.6 Å². The molecule has 0 bridgehead atoms. The van der Waals surface area contributed by atoms with E-state index in [2.05, 4.69) is 4.90 Å². The Bertz CT molecular complexity index is 500. The van der Waals surface area contributed by atoms with Crippen molar-refractivity contribution in [3.8, 4) is 0 Å². The Morgan fingerprint density at radius 3 is 2.71 bits per heavy atom. The van der Waals surface area contributed by atoms with Gasteiger partial charge in [0.2, 0.25) is 5.91 Å². The number of amides is 1. The van der Waals surface area contributed by atoms with Gasteiger partial charge in [-0.1, -0.05) is 37.5 Å². The molecule has 1 amide bonds. The molecule has 1 heterocycles. The van der Waals surface area contributed by atoms with E-state index in [4.69, 9.17) is 5.73 Å². The molecule has 3 rings (SSSR count). The maximum Gasteiger partial charge on any atom is 0.222 e. The number of piperidine rings is 1. The number of rotatable bonds is 3. The molecule has 1 aromatic carbocycles. The Kier molecular flexibility index (Phi) is 4.47. The first-order chi connectivity index (χ1) is 10.2. The zero-order chi connectivity index (χ0) is 14.7. The fourth-order valence-electron chi connectivity index (χ4n) is 3.99. The number of aryl methyl sites for hydroxylation is 1. The highest BCUT2D eigenvalue weighted by molar-refractivity contribution is 5.76. The number of likely N-dealkylation sites (tertiary alicyclic amines) is 1. The minimum Gasteiger partial charge on any atom is -0.399 e. The van der Waals surface area contributed by atoms with E-state index in [-0.39, 0.29) is 0 Å². The highest BCUT2D eigenvalue weighted by Gasteiger charge is 2.32. The summed E-state index contributed by atoms with van der Waals surface area (Å²) in [4.78, 5) is 14.5. The smallest absolute Gasteiger partial charge is 0.222 e. The lowest BCUT2D eigenvalue weighted by molar-refractivity contribution is -0.134. The maximum atomic E-state index is 12.4. The van der Waals surface area contributed by atoms with Crippen molar-refractivity contribution in [2.75, 3.05) is 18.8 Å². The summed E-state index contributed by atoms with van der Waals surface area (Å²) in [6, 6.07) is 7.86. The SMILES string of the molecule is Nc1ccccc1CCC(=O)N1CCC2CCCCC2C1. The lowest BCUT2D eigenvalue weighted by Crippen LogP contribution is -2.44. The van der Waals surface area contributed by atoms with Crippen molar-refractivity contribution < 1.29 is 4.79 Å². The van der Waals surface area contributed by atoms with Crippen LogP contribution in [0.15, 0.2) is 24.3 Å². The molecule has 21 heavy (non-hydrogen) atoms. The normalized spacial score (nSPS) is 25.4. The number of carbonyl (C=O) groups is 1. The van der Waals surface area contributed by atoms with Gasteiger partial charge in [-0.2, -0.15) is 0 Å². The molecule has 3 heteroatoms. The fourth-order valence-corrected chi connectivity index (χ4v) is 3.99. The Balaban J connectivity index is 1.53. The largest absolute Gasteiger partial charge is 0.399 e. The fraction of sp³-hybridized carbons (Fsp3) is 0.611. The third-order valence-electron chi connectivity index (χ3n) is 5.31. The summed E-state index contributed by atoms with van der Waals surface area (Å²) in [5.74, 6) is 1.95. The van der Waals surface area contributed by atoms with Gasteiger partial charge in [-0.15, -0.1) is 0 Å². The first kappa shape index (κ1) is 14.4. The Hall–Kier alpha value is -1.51. The van der Waals surface area contributed by atoms with Gasteiger partial charge in [0.1, 0.15) is 0 Å². The quantitative estimate of drug-likeness (QED) is 0.867. The standard InChI is InChI=1S/C18H26N2O/c19-17-8-4-3-6-15(17)9-10-18(21)20-12-11-14-5-1-2-7-16(14)13-20/h3-4,6,8,14,16H,1-2,5,7,9-13,19H2. The van der Waals surface area contributed by atoms with Crippen molar-refractivity contribution in [1.82, 2.24) is 4.90 Å². The molecule has 0 spiro atoms. The van der Waals surface area contributed by atoms with Crippen molar-refractivity contribution in [1.29, 1.82) is 0 Å². The van der Waals surface area contributed by atoms with Crippen LogP contribution >= 0.6 is 0 Å². The van der Waals surface area contributed by atoms with E-state index in [9.17, 15) is 4.79 Å². The van der Waals surface area contributed by atoms with Gasteiger partial charge in [-0.25, -0.2) is 0 Å². The van der Waals surface area contributed by atoms with Crippen LogP contribution in [0.25, 0.3) is 0 Å². The number of fused-ring (bicyclic) bond motifs is 1. The van der Waals surface area contributed by atoms with Gasteiger partial charge in [-0.05, 0) is 42.7 Å². The lowest BCUT2D eigenvalue weighted by Gasteiger charge is -2.41. The molecule has 2 atom stereocenters. The van der Waals surface area contributed by atoms with Crippen molar-refractivity contribution in [2.24, 2.45) is 11.8 Å². The van der Waals surface area contributed by atoms with E-state index in [1.807, 2.05) is 24.3 Å². The van der Waals surface area contributed by atoms with Crippen LogP contribution in [0.2, 0.25) is 0 Å². The predicted octanol–water partition coefficient (Wildman–Crippen LogP) is 3.24. The molecule has 2 aliphatic rings. The van der Waals surface area contributed by atoms with Crippen LogP contribution < -0.4 is 5.73 Å². The number of hydrogen-bond acceptors (Lipinski definition) is 2. The molecule has 2 fully saturated rings. The number of nitrogens with two attached hydrogens (primary N) is 1. The Morgan fingerprint density at radius 1 is 1.14 bits per heavy atom. The third kappa shape index (κ3) is 3.39. The molecule has 1 aliphatic carbocycles. The number of hydrogen-bond donors (Lipinski definition) is 1. The summed E-state index contributed by atoms with van der Waals surface area (Å²) in [5, 5.41) is 0. The summed E-state index contributed by atoms with van der Waals surface area (Å²) in [6.45, 7) is 1.96. The summed E-state index contributed by atoms with van der Waals surface area (Å²) in [5.41, 5.74) is 7.85. The number of anilines is 1. The summed E-state index contributed by atoms with van der Waals surface area (Å²) in [6.07, 6.45) is 8.01. The third-order valence-corrected chi connectivity index (χ3v) is 5.31. The second-order valence-corrected chi connectivity index (χ2v) is 6.63. The molecule has 2 unspecified atom stereocenters. The Morgan fingerprint density at radius 2 is 1.90 bits per heavy atom. The van der Waals surface area contributed by atoms with E-state index >= 15 is 0 Å². The molecule has 1 aliphatic heterocycles. The van der Waals surface area contributed by atoms with Crippen molar-refractivity contribution in [3.05, 3.63) is 29.8 Å². The predicted molar refractivity (Wildman–Crippen MR) is 85.8 cm³/mol. The van der Waals surface area contributed by atoms with Crippen LogP contribution in [-0.4, -0.2) is 23.9 Å². The molecule has 3 nitrogen and oxygen atoms in total. The second-order valence-electron chi connectivity index (χ2n) is 6.63. The molecular weight excluding hydrogens is 260 g/mol. The van der Waals surface area contributed by atoms with E-state index in [0.29, 0.717) is 12.3 Å². The maximum absolute atomic E-state index is 12.4. The zero-order valence-electron chi connectivity index (χ0n) is 12.8. The van der Waals surface area contributed by atoms with E-state index in [1.54, 1.807) is 0 Å². The van der Waals surface area contributed by atoms with Gasteiger partial charge in [0.25, 0.3) is 0 Å².